The quantitative estimate of drug-likeness (QED) is 0.769. The van der Waals surface area contributed by atoms with Crippen LogP contribution in [0.5, 0.6) is 0 Å². The lowest BCUT2D eigenvalue weighted by molar-refractivity contribution is 0.0257. The van der Waals surface area contributed by atoms with Gasteiger partial charge in [-0.05, 0) is 33.3 Å². The van der Waals surface area contributed by atoms with E-state index in [9.17, 15) is 4.79 Å². The van der Waals surface area contributed by atoms with Gasteiger partial charge in [0, 0.05) is 13.1 Å². The maximum atomic E-state index is 12.1. The Balaban J connectivity index is 2.74. The average Bonchev–Trinajstić information content (AvgIpc) is 2.29. The zero-order valence-corrected chi connectivity index (χ0v) is 12.3. The number of nitrogens with zero attached hydrogens (tertiary/aromatic N) is 1. The molecule has 0 atom stereocenters. The molecule has 0 aliphatic carbocycles. The second-order valence-electron chi connectivity index (χ2n) is 5.64. The van der Waals surface area contributed by atoms with Gasteiger partial charge in [0.15, 0.2) is 0 Å². The molecule has 3 heteroatoms. The van der Waals surface area contributed by atoms with Crippen LogP contribution in [0, 0.1) is 6.92 Å². The predicted octanol–water partition coefficient (Wildman–Crippen LogP) is 3.92. The van der Waals surface area contributed by atoms with Gasteiger partial charge < -0.3 is 9.64 Å². The summed E-state index contributed by atoms with van der Waals surface area (Å²) in [6.07, 6.45) is 1.39. The first-order chi connectivity index (χ1) is 8.81. The number of benzene rings is 1. The highest BCUT2D eigenvalue weighted by Crippen LogP contribution is 2.13. The number of aryl methyl sites for hydroxylation is 1. The van der Waals surface area contributed by atoms with Crippen LogP contribution in [0.25, 0.3) is 0 Å². The summed E-state index contributed by atoms with van der Waals surface area (Å²) in [5.41, 5.74) is 1.80. The smallest absolute Gasteiger partial charge is 0.410 e. The third-order valence-corrected chi connectivity index (χ3v) is 2.50. The van der Waals surface area contributed by atoms with E-state index in [2.05, 4.69) is 6.58 Å². The Bertz CT molecular complexity index is 429. The van der Waals surface area contributed by atoms with E-state index in [0.717, 1.165) is 5.56 Å². The molecule has 0 aromatic heterocycles. The first kappa shape index (κ1) is 15.3. The molecular formula is C16H23NO2. The molecule has 0 aliphatic rings. The van der Waals surface area contributed by atoms with Crippen molar-refractivity contribution in [3.63, 3.8) is 0 Å². The van der Waals surface area contributed by atoms with Gasteiger partial charge in [-0.15, -0.1) is 6.58 Å². The number of amides is 1. The fourth-order valence-electron chi connectivity index (χ4n) is 1.60. The lowest BCUT2D eigenvalue weighted by Crippen LogP contribution is -2.36. The summed E-state index contributed by atoms with van der Waals surface area (Å²) in [4.78, 5) is 13.7. The van der Waals surface area contributed by atoms with Crippen molar-refractivity contribution in [1.29, 1.82) is 0 Å². The zero-order valence-electron chi connectivity index (χ0n) is 12.3. The molecule has 104 valence electrons. The minimum atomic E-state index is -0.482. The maximum Gasteiger partial charge on any atom is 0.410 e. The molecule has 1 aromatic carbocycles. The van der Waals surface area contributed by atoms with Crippen molar-refractivity contribution in [3.8, 4) is 0 Å². The van der Waals surface area contributed by atoms with Crippen molar-refractivity contribution in [2.24, 2.45) is 0 Å². The minimum Gasteiger partial charge on any atom is -0.444 e. The molecule has 19 heavy (non-hydrogen) atoms. The Kier molecular flexibility index (Phi) is 5.16. The van der Waals surface area contributed by atoms with Gasteiger partial charge >= 0.3 is 6.09 Å². The fourth-order valence-corrected chi connectivity index (χ4v) is 1.60. The summed E-state index contributed by atoms with van der Waals surface area (Å²) < 4.78 is 5.39. The average molecular weight is 261 g/mol. The Hall–Kier alpha value is -1.77. The molecule has 0 heterocycles. The molecule has 0 radical (unpaired) electrons. The molecule has 0 unspecified atom stereocenters. The third kappa shape index (κ3) is 5.60. The van der Waals surface area contributed by atoms with Crippen molar-refractivity contribution >= 4 is 6.09 Å². The molecule has 0 spiro atoms. The van der Waals surface area contributed by atoms with Gasteiger partial charge in [-0.2, -0.15) is 0 Å². The lowest BCUT2D eigenvalue weighted by atomic mass is 10.1. The molecule has 0 bridgehead atoms. The van der Waals surface area contributed by atoms with E-state index < -0.39 is 5.60 Å². The summed E-state index contributed by atoms with van der Waals surface area (Å²) in [5, 5.41) is 0. The molecule has 3 nitrogen and oxygen atoms in total. The predicted molar refractivity (Wildman–Crippen MR) is 78.0 cm³/mol. The molecule has 0 fully saturated rings. The largest absolute Gasteiger partial charge is 0.444 e. The Labute approximate surface area is 115 Å². The number of carbonyl (C=O) groups is 1. The first-order valence-electron chi connectivity index (χ1n) is 6.46. The summed E-state index contributed by atoms with van der Waals surface area (Å²) in [6, 6.07) is 8.12. The summed E-state index contributed by atoms with van der Waals surface area (Å²) in [7, 11) is 0. The van der Waals surface area contributed by atoms with E-state index in [1.54, 1.807) is 11.0 Å². The summed E-state index contributed by atoms with van der Waals surface area (Å²) in [6.45, 7) is 12.3. The van der Waals surface area contributed by atoms with Crippen molar-refractivity contribution in [2.45, 2.75) is 39.8 Å². The highest BCUT2D eigenvalue weighted by Gasteiger charge is 2.21. The summed E-state index contributed by atoms with van der Waals surface area (Å²) >= 11 is 0. The first-order valence-corrected chi connectivity index (χ1v) is 6.46. The molecule has 0 saturated carbocycles. The number of ether oxygens (including phenoxy) is 1. The number of hydrogen-bond donors (Lipinski definition) is 0. The van der Waals surface area contributed by atoms with Crippen molar-refractivity contribution < 1.29 is 9.53 Å². The van der Waals surface area contributed by atoms with Crippen molar-refractivity contribution in [3.05, 3.63) is 48.0 Å². The second kappa shape index (κ2) is 6.41. The molecular weight excluding hydrogens is 238 g/mol. The minimum absolute atomic E-state index is 0.312. The Morgan fingerprint density at radius 1 is 1.32 bits per heavy atom. The van der Waals surface area contributed by atoms with Crippen molar-refractivity contribution in [2.75, 3.05) is 6.54 Å². The van der Waals surface area contributed by atoms with Crippen LogP contribution >= 0.6 is 0 Å². The van der Waals surface area contributed by atoms with Crippen LogP contribution in [-0.2, 0) is 11.3 Å². The van der Waals surface area contributed by atoms with E-state index in [1.807, 2.05) is 52.0 Å². The van der Waals surface area contributed by atoms with Gasteiger partial charge in [-0.25, -0.2) is 4.79 Å². The van der Waals surface area contributed by atoms with Gasteiger partial charge in [0.2, 0.25) is 0 Å². The van der Waals surface area contributed by atoms with Crippen LogP contribution in [-0.4, -0.2) is 23.1 Å². The SMILES string of the molecule is C=CCN(Cc1ccc(C)cc1)C(=O)OC(C)(C)C. The molecule has 0 aliphatic heterocycles. The lowest BCUT2D eigenvalue weighted by Gasteiger charge is -2.26. The molecule has 0 N–H and O–H groups in total. The second-order valence-corrected chi connectivity index (χ2v) is 5.64. The van der Waals surface area contributed by atoms with E-state index in [-0.39, 0.29) is 6.09 Å². The molecule has 1 amide bonds. The number of carbonyl (C=O) groups excluding carboxylic acids is 1. The summed E-state index contributed by atoms with van der Waals surface area (Å²) in [5.74, 6) is 0. The van der Waals surface area contributed by atoms with Gasteiger partial charge in [0.25, 0.3) is 0 Å². The van der Waals surface area contributed by atoms with Crippen LogP contribution in [0.2, 0.25) is 0 Å². The Morgan fingerprint density at radius 2 is 1.89 bits per heavy atom. The van der Waals surface area contributed by atoms with E-state index >= 15 is 0 Å². The fraction of sp³-hybridized carbons (Fsp3) is 0.438. The number of rotatable bonds is 4. The molecule has 1 aromatic rings. The zero-order chi connectivity index (χ0) is 14.5. The van der Waals surface area contributed by atoms with Gasteiger partial charge in [0.05, 0.1) is 0 Å². The highest BCUT2D eigenvalue weighted by atomic mass is 16.6. The van der Waals surface area contributed by atoms with Gasteiger partial charge in [-0.1, -0.05) is 35.9 Å². The standard InChI is InChI=1S/C16H23NO2/c1-6-11-17(15(18)19-16(3,4)5)12-14-9-7-13(2)8-10-14/h6-10H,1,11-12H2,2-5H3. The number of hydrogen-bond acceptors (Lipinski definition) is 2. The van der Waals surface area contributed by atoms with Gasteiger partial charge in [0.1, 0.15) is 5.60 Å². The van der Waals surface area contributed by atoms with E-state index in [1.165, 1.54) is 5.56 Å². The molecule has 1 rings (SSSR count). The van der Waals surface area contributed by atoms with E-state index in [0.29, 0.717) is 13.1 Å². The van der Waals surface area contributed by atoms with Crippen molar-refractivity contribution in [1.82, 2.24) is 4.90 Å². The van der Waals surface area contributed by atoms with Crippen LogP contribution in [0.4, 0.5) is 4.79 Å². The monoisotopic (exact) mass is 261 g/mol. The highest BCUT2D eigenvalue weighted by molar-refractivity contribution is 5.68. The van der Waals surface area contributed by atoms with E-state index in [4.69, 9.17) is 4.74 Å². The molecule has 0 saturated heterocycles. The normalized spacial score (nSPS) is 10.9. The Morgan fingerprint density at radius 3 is 2.37 bits per heavy atom. The van der Waals surface area contributed by atoms with Crippen LogP contribution in [0.3, 0.4) is 0 Å². The topological polar surface area (TPSA) is 29.5 Å². The van der Waals surface area contributed by atoms with Gasteiger partial charge in [-0.3, -0.25) is 0 Å². The van der Waals surface area contributed by atoms with Crippen LogP contribution in [0.1, 0.15) is 31.9 Å². The van der Waals surface area contributed by atoms with Crippen LogP contribution in [0.15, 0.2) is 36.9 Å². The van der Waals surface area contributed by atoms with Crippen LogP contribution < -0.4 is 0 Å². The maximum absolute atomic E-state index is 12.1. The third-order valence-electron chi connectivity index (χ3n) is 2.50.